The molecule has 0 spiro atoms. The second-order valence-corrected chi connectivity index (χ2v) is 4.19. The van der Waals surface area contributed by atoms with Crippen molar-refractivity contribution in [3.63, 3.8) is 0 Å². The van der Waals surface area contributed by atoms with Gasteiger partial charge in [0, 0.05) is 24.4 Å². The number of aryl methyl sites for hydroxylation is 2. The molecule has 5 heteroatoms. The maximum absolute atomic E-state index is 9.65. The molecule has 0 aromatic carbocycles. The number of nitrogens with one attached hydrogen (secondary N) is 1. The van der Waals surface area contributed by atoms with Crippen molar-refractivity contribution in [2.24, 2.45) is 0 Å². The van der Waals surface area contributed by atoms with Crippen LogP contribution in [0.3, 0.4) is 0 Å². The largest absolute Gasteiger partial charge is 0.506 e. The third-order valence-electron chi connectivity index (χ3n) is 2.81. The van der Waals surface area contributed by atoms with Crippen LogP contribution in [0.4, 0.5) is 5.82 Å². The number of rotatable bonds is 5. The number of hydrogen-bond acceptors (Lipinski definition) is 5. The van der Waals surface area contributed by atoms with E-state index >= 15 is 0 Å². The van der Waals surface area contributed by atoms with E-state index < -0.39 is 0 Å². The Morgan fingerprint density at radius 3 is 2.74 bits per heavy atom. The standard InChI is InChI=1S/C14H18N4O/c1-3-10-8-14(18-13(4-2)17-10)16-9-11-12(19)6-5-7-15-11/h5-8,19H,3-4,9H2,1-2H3,(H,16,17,18). The van der Waals surface area contributed by atoms with E-state index in [1.165, 1.54) is 0 Å². The van der Waals surface area contributed by atoms with E-state index in [0.29, 0.717) is 12.2 Å². The lowest BCUT2D eigenvalue weighted by Crippen LogP contribution is -2.07. The number of aromatic hydroxyl groups is 1. The zero-order valence-electron chi connectivity index (χ0n) is 11.2. The first-order chi connectivity index (χ1) is 9.22. The highest BCUT2D eigenvalue weighted by Crippen LogP contribution is 2.15. The molecule has 0 bridgehead atoms. The van der Waals surface area contributed by atoms with E-state index in [-0.39, 0.29) is 5.75 Å². The minimum atomic E-state index is 0.190. The predicted octanol–water partition coefficient (Wildman–Crippen LogP) is 2.31. The molecule has 5 nitrogen and oxygen atoms in total. The van der Waals surface area contributed by atoms with Crippen molar-refractivity contribution in [2.45, 2.75) is 33.2 Å². The first-order valence-corrected chi connectivity index (χ1v) is 6.46. The molecule has 100 valence electrons. The van der Waals surface area contributed by atoms with E-state index in [9.17, 15) is 5.11 Å². The van der Waals surface area contributed by atoms with E-state index in [4.69, 9.17) is 0 Å². The molecule has 0 unspecified atom stereocenters. The summed E-state index contributed by atoms with van der Waals surface area (Å²) in [6, 6.07) is 5.26. The maximum atomic E-state index is 9.65. The van der Waals surface area contributed by atoms with Crippen molar-refractivity contribution >= 4 is 5.82 Å². The number of aromatic nitrogens is 3. The number of nitrogens with zero attached hydrogens (tertiary/aromatic N) is 3. The third-order valence-corrected chi connectivity index (χ3v) is 2.81. The molecule has 2 aromatic rings. The average Bonchev–Trinajstić information content (AvgIpc) is 2.46. The van der Waals surface area contributed by atoms with Gasteiger partial charge in [-0.25, -0.2) is 9.97 Å². The lowest BCUT2D eigenvalue weighted by molar-refractivity contribution is 0.465. The number of pyridine rings is 1. The summed E-state index contributed by atoms with van der Waals surface area (Å²) in [5, 5.41) is 12.8. The Bertz CT molecular complexity index is 535. The SMILES string of the molecule is CCc1cc(NCc2ncccc2O)nc(CC)n1. The van der Waals surface area contributed by atoms with Gasteiger partial charge in [0.05, 0.1) is 6.54 Å². The predicted molar refractivity (Wildman–Crippen MR) is 74.0 cm³/mol. The second kappa shape index (κ2) is 6.13. The van der Waals surface area contributed by atoms with Crippen LogP contribution >= 0.6 is 0 Å². The highest BCUT2D eigenvalue weighted by atomic mass is 16.3. The summed E-state index contributed by atoms with van der Waals surface area (Å²) in [5.41, 5.74) is 1.62. The summed E-state index contributed by atoms with van der Waals surface area (Å²) in [4.78, 5) is 13.0. The second-order valence-electron chi connectivity index (χ2n) is 4.19. The topological polar surface area (TPSA) is 70.9 Å². The van der Waals surface area contributed by atoms with Gasteiger partial charge >= 0.3 is 0 Å². The van der Waals surface area contributed by atoms with Crippen LogP contribution in [0.5, 0.6) is 5.75 Å². The van der Waals surface area contributed by atoms with E-state index in [1.807, 2.05) is 13.0 Å². The Hall–Kier alpha value is -2.17. The Kier molecular flexibility index (Phi) is 4.28. The van der Waals surface area contributed by atoms with Crippen molar-refractivity contribution in [1.29, 1.82) is 0 Å². The summed E-state index contributed by atoms with van der Waals surface area (Å²) in [6.07, 6.45) is 3.34. The monoisotopic (exact) mass is 258 g/mol. The quantitative estimate of drug-likeness (QED) is 0.861. The van der Waals surface area contributed by atoms with Crippen LogP contribution in [-0.2, 0) is 19.4 Å². The number of hydrogen-bond donors (Lipinski definition) is 2. The molecule has 0 aliphatic heterocycles. The van der Waals surface area contributed by atoms with Crippen molar-refractivity contribution in [3.05, 3.63) is 41.6 Å². The van der Waals surface area contributed by atoms with Crippen LogP contribution < -0.4 is 5.32 Å². The normalized spacial score (nSPS) is 10.4. The maximum Gasteiger partial charge on any atom is 0.138 e. The highest BCUT2D eigenvalue weighted by molar-refractivity contribution is 5.38. The molecule has 2 heterocycles. The molecule has 2 N–H and O–H groups in total. The fraction of sp³-hybridized carbons (Fsp3) is 0.357. The average molecular weight is 258 g/mol. The molecule has 19 heavy (non-hydrogen) atoms. The van der Waals surface area contributed by atoms with Gasteiger partial charge in [0.1, 0.15) is 23.1 Å². The molecule has 0 aliphatic carbocycles. The van der Waals surface area contributed by atoms with Crippen molar-refractivity contribution in [2.75, 3.05) is 5.32 Å². The summed E-state index contributed by atoms with van der Waals surface area (Å²) < 4.78 is 0. The molecule has 0 radical (unpaired) electrons. The molecule has 0 amide bonds. The molecular formula is C14H18N4O. The van der Waals surface area contributed by atoms with Crippen LogP contribution in [0.1, 0.15) is 31.1 Å². The van der Waals surface area contributed by atoms with Crippen molar-refractivity contribution in [3.8, 4) is 5.75 Å². The first kappa shape index (κ1) is 13.3. The Balaban J connectivity index is 2.13. The van der Waals surface area contributed by atoms with Gasteiger partial charge in [-0.05, 0) is 18.6 Å². The molecule has 0 aliphatic rings. The van der Waals surface area contributed by atoms with Gasteiger partial charge < -0.3 is 10.4 Å². The van der Waals surface area contributed by atoms with E-state index in [0.717, 1.165) is 30.2 Å². The summed E-state index contributed by atoms with van der Waals surface area (Å²) in [6.45, 7) is 4.54. The third kappa shape index (κ3) is 3.40. The van der Waals surface area contributed by atoms with Crippen molar-refractivity contribution < 1.29 is 5.11 Å². The fourth-order valence-corrected chi connectivity index (χ4v) is 1.72. The lowest BCUT2D eigenvalue weighted by Gasteiger charge is -2.09. The zero-order valence-corrected chi connectivity index (χ0v) is 11.2. The van der Waals surface area contributed by atoms with Crippen LogP contribution in [0.15, 0.2) is 24.4 Å². The molecule has 0 fully saturated rings. The van der Waals surface area contributed by atoms with Gasteiger partial charge in [-0.3, -0.25) is 4.98 Å². The van der Waals surface area contributed by atoms with Gasteiger partial charge in [0.25, 0.3) is 0 Å². The van der Waals surface area contributed by atoms with Gasteiger partial charge in [0.15, 0.2) is 0 Å². The fourth-order valence-electron chi connectivity index (χ4n) is 1.72. The number of anilines is 1. The van der Waals surface area contributed by atoms with Crippen LogP contribution in [-0.4, -0.2) is 20.1 Å². The highest BCUT2D eigenvalue weighted by Gasteiger charge is 2.05. The summed E-state index contributed by atoms with van der Waals surface area (Å²) in [7, 11) is 0. The Morgan fingerprint density at radius 2 is 2.05 bits per heavy atom. The zero-order chi connectivity index (χ0) is 13.7. The summed E-state index contributed by atoms with van der Waals surface area (Å²) >= 11 is 0. The van der Waals surface area contributed by atoms with Gasteiger partial charge in [-0.1, -0.05) is 13.8 Å². The minimum Gasteiger partial charge on any atom is -0.506 e. The van der Waals surface area contributed by atoms with Gasteiger partial charge in [-0.2, -0.15) is 0 Å². The summed E-state index contributed by atoms with van der Waals surface area (Å²) in [5.74, 6) is 1.79. The van der Waals surface area contributed by atoms with Crippen LogP contribution in [0, 0.1) is 0 Å². The molecule has 2 aromatic heterocycles. The van der Waals surface area contributed by atoms with Gasteiger partial charge in [0.2, 0.25) is 0 Å². The Labute approximate surface area is 112 Å². The molecule has 0 saturated heterocycles. The Morgan fingerprint density at radius 1 is 1.21 bits per heavy atom. The lowest BCUT2D eigenvalue weighted by atomic mass is 10.3. The van der Waals surface area contributed by atoms with Crippen LogP contribution in [0.25, 0.3) is 0 Å². The molecule has 0 atom stereocenters. The molecule has 0 saturated carbocycles. The molecule has 2 rings (SSSR count). The first-order valence-electron chi connectivity index (χ1n) is 6.46. The van der Waals surface area contributed by atoms with E-state index in [2.05, 4.69) is 27.2 Å². The van der Waals surface area contributed by atoms with Crippen LogP contribution in [0.2, 0.25) is 0 Å². The van der Waals surface area contributed by atoms with Gasteiger partial charge in [-0.15, -0.1) is 0 Å². The van der Waals surface area contributed by atoms with Crippen molar-refractivity contribution in [1.82, 2.24) is 15.0 Å². The molecular weight excluding hydrogens is 240 g/mol. The van der Waals surface area contributed by atoms with E-state index in [1.54, 1.807) is 18.3 Å². The minimum absolute atomic E-state index is 0.190. The smallest absolute Gasteiger partial charge is 0.138 e.